The van der Waals surface area contributed by atoms with Crippen LogP contribution >= 0.6 is 0 Å². The molecule has 1 fully saturated rings. The fourth-order valence-electron chi connectivity index (χ4n) is 4.19. The van der Waals surface area contributed by atoms with Crippen LogP contribution in [0.5, 0.6) is 0 Å². The third kappa shape index (κ3) is 6.81. The van der Waals surface area contributed by atoms with Crippen LogP contribution in [0.1, 0.15) is 35.4 Å². The van der Waals surface area contributed by atoms with Crippen molar-refractivity contribution >= 4 is 40.4 Å². The van der Waals surface area contributed by atoms with Gasteiger partial charge in [0.15, 0.2) is 5.76 Å². The Balaban J connectivity index is 1.37. The van der Waals surface area contributed by atoms with E-state index < -0.39 is 47.8 Å². The third-order valence-corrected chi connectivity index (χ3v) is 6.22. The second-order valence-electron chi connectivity index (χ2n) is 8.99. The first kappa shape index (κ1) is 26.5. The monoisotopic (exact) mass is 522 g/mol. The number of ketones is 1. The molecule has 0 aliphatic carbocycles. The normalized spacial score (nSPS) is 15.8. The lowest BCUT2D eigenvalue weighted by molar-refractivity contribution is -0.141. The molecule has 0 saturated carbocycles. The highest BCUT2D eigenvalue weighted by Gasteiger charge is 2.33. The van der Waals surface area contributed by atoms with Crippen molar-refractivity contribution in [2.24, 2.45) is 5.92 Å². The summed E-state index contributed by atoms with van der Waals surface area (Å²) in [6.45, 7) is 0.0169. The minimum atomic E-state index is -1.28. The standard InChI is InChI=1S/C27H27FN4O6/c28-19-9-7-16(8-10-19)14-30-27(37)24(34)20(12-18-5-3-11-29-25(18)35)32-23(33)15-31-26(36)22-13-17-4-1-2-6-21(17)38-22/h1-2,4,6-10,13,18,20H,3,5,11-12,14-15H2,(H,29,35)(H,30,37)(H,31,36)(H,32,33)/t18-,20-/m0/s1. The summed E-state index contributed by atoms with van der Waals surface area (Å²) in [5.74, 6) is -4.45. The van der Waals surface area contributed by atoms with Crippen LogP contribution in [0.25, 0.3) is 11.0 Å². The van der Waals surface area contributed by atoms with Gasteiger partial charge >= 0.3 is 0 Å². The number of rotatable bonds is 10. The second kappa shape index (κ2) is 12.1. The Bertz CT molecular complexity index is 1320. The van der Waals surface area contributed by atoms with Crippen molar-refractivity contribution < 1.29 is 32.8 Å². The highest BCUT2D eigenvalue weighted by atomic mass is 19.1. The summed E-state index contributed by atoms with van der Waals surface area (Å²) >= 11 is 0. The van der Waals surface area contributed by atoms with E-state index in [0.717, 1.165) is 5.39 Å². The molecule has 2 aromatic carbocycles. The molecule has 0 radical (unpaired) electrons. The van der Waals surface area contributed by atoms with Gasteiger partial charge in [-0.3, -0.25) is 24.0 Å². The maximum Gasteiger partial charge on any atom is 0.289 e. The highest BCUT2D eigenvalue weighted by Crippen LogP contribution is 2.19. The molecule has 4 rings (SSSR count). The Hall–Kier alpha value is -4.54. The predicted molar refractivity (Wildman–Crippen MR) is 134 cm³/mol. The number of para-hydroxylation sites is 1. The Morgan fingerprint density at radius 2 is 1.82 bits per heavy atom. The van der Waals surface area contributed by atoms with Crippen molar-refractivity contribution in [3.05, 3.63) is 71.7 Å². The molecule has 3 aromatic rings. The van der Waals surface area contributed by atoms with Crippen molar-refractivity contribution in [1.82, 2.24) is 21.3 Å². The van der Waals surface area contributed by atoms with Gasteiger partial charge in [0.05, 0.1) is 12.6 Å². The number of carbonyl (C=O) groups is 5. The van der Waals surface area contributed by atoms with Crippen molar-refractivity contribution in [2.45, 2.75) is 31.8 Å². The van der Waals surface area contributed by atoms with E-state index in [4.69, 9.17) is 4.42 Å². The highest BCUT2D eigenvalue weighted by molar-refractivity contribution is 6.38. The lowest BCUT2D eigenvalue weighted by Crippen LogP contribution is -2.52. The summed E-state index contributed by atoms with van der Waals surface area (Å²) < 4.78 is 18.6. The van der Waals surface area contributed by atoms with Crippen LogP contribution in [0.15, 0.2) is 59.0 Å². The number of carbonyl (C=O) groups excluding carboxylic acids is 5. The smallest absolute Gasteiger partial charge is 0.289 e. The van der Waals surface area contributed by atoms with Gasteiger partial charge in [-0.05, 0) is 49.1 Å². The van der Waals surface area contributed by atoms with E-state index in [1.54, 1.807) is 30.3 Å². The number of Topliss-reactive ketones (excluding diaryl/α,β-unsaturated/α-hetero) is 1. The van der Waals surface area contributed by atoms with Gasteiger partial charge in [-0.25, -0.2) is 4.39 Å². The molecular formula is C27H27FN4O6. The number of nitrogens with one attached hydrogen (secondary N) is 4. The molecule has 11 heteroatoms. The van der Waals surface area contributed by atoms with Gasteiger partial charge in [0.25, 0.3) is 11.8 Å². The maximum atomic E-state index is 13.1. The first-order chi connectivity index (χ1) is 18.3. The number of benzene rings is 2. The zero-order valence-electron chi connectivity index (χ0n) is 20.4. The quantitative estimate of drug-likeness (QED) is 0.298. The summed E-state index contributed by atoms with van der Waals surface area (Å²) in [5.41, 5.74) is 1.10. The van der Waals surface area contributed by atoms with Crippen molar-refractivity contribution in [3.63, 3.8) is 0 Å². The van der Waals surface area contributed by atoms with Gasteiger partial charge in [-0.1, -0.05) is 30.3 Å². The fraction of sp³-hybridized carbons (Fsp3) is 0.296. The molecule has 38 heavy (non-hydrogen) atoms. The number of hydrogen-bond acceptors (Lipinski definition) is 6. The minimum absolute atomic E-state index is 0.0191. The second-order valence-corrected chi connectivity index (χ2v) is 8.99. The summed E-state index contributed by atoms with van der Waals surface area (Å²) in [6, 6.07) is 12.7. The van der Waals surface area contributed by atoms with E-state index >= 15 is 0 Å². The van der Waals surface area contributed by atoms with E-state index in [9.17, 15) is 28.4 Å². The molecule has 198 valence electrons. The number of amides is 4. The minimum Gasteiger partial charge on any atom is -0.451 e. The molecule has 0 unspecified atom stereocenters. The first-order valence-corrected chi connectivity index (χ1v) is 12.2. The van der Waals surface area contributed by atoms with E-state index in [1.807, 2.05) is 0 Å². The number of halogens is 1. The molecular weight excluding hydrogens is 495 g/mol. The molecule has 1 aliphatic heterocycles. The molecule has 0 bridgehead atoms. The molecule has 2 atom stereocenters. The van der Waals surface area contributed by atoms with E-state index in [2.05, 4.69) is 21.3 Å². The van der Waals surface area contributed by atoms with Gasteiger partial charge in [0, 0.05) is 24.4 Å². The van der Waals surface area contributed by atoms with Crippen LogP contribution in [0.4, 0.5) is 4.39 Å². The Morgan fingerprint density at radius 1 is 1.05 bits per heavy atom. The largest absolute Gasteiger partial charge is 0.451 e. The van der Waals surface area contributed by atoms with Crippen LogP contribution in [0.2, 0.25) is 0 Å². The third-order valence-electron chi connectivity index (χ3n) is 6.22. The number of piperidine rings is 1. The number of fused-ring (bicyclic) bond motifs is 1. The van der Waals surface area contributed by atoms with E-state index in [0.29, 0.717) is 30.5 Å². The topological polar surface area (TPSA) is 147 Å². The lowest BCUT2D eigenvalue weighted by atomic mass is 9.90. The number of furan rings is 1. The molecule has 1 aromatic heterocycles. The maximum absolute atomic E-state index is 13.1. The van der Waals surface area contributed by atoms with Gasteiger partial charge in [-0.2, -0.15) is 0 Å². The van der Waals surface area contributed by atoms with E-state index in [1.165, 1.54) is 24.3 Å². The molecule has 2 heterocycles. The van der Waals surface area contributed by atoms with Crippen LogP contribution in [-0.4, -0.2) is 48.5 Å². The summed E-state index contributed by atoms with van der Waals surface area (Å²) in [4.78, 5) is 62.9. The SMILES string of the molecule is O=C(CNC(=O)c1cc2ccccc2o1)N[C@@H](C[C@@H]1CCCNC1=O)C(=O)C(=O)NCc1ccc(F)cc1. The average Bonchev–Trinajstić information content (AvgIpc) is 3.36. The Kier molecular flexibility index (Phi) is 8.47. The zero-order chi connectivity index (χ0) is 27.1. The number of hydrogen-bond donors (Lipinski definition) is 4. The van der Waals surface area contributed by atoms with Crippen molar-refractivity contribution in [3.8, 4) is 0 Å². The van der Waals surface area contributed by atoms with E-state index in [-0.39, 0.29) is 24.6 Å². The van der Waals surface area contributed by atoms with Gasteiger partial charge in [-0.15, -0.1) is 0 Å². The molecule has 0 spiro atoms. The fourth-order valence-corrected chi connectivity index (χ4v) is 4.19. The molecule has 4 amide bonds. The Morgan fingerprint density at radius 3 is 2.55 bits per heavy atom. The molecule has 4 N–H and O–H groups in total. The van der Waals surface area contributed by atoms with Gasteiger partial charge < -0.3 is 25.7 Å². The van der Waals surface area contributed by atoms with Crippen LogP contribution in [-0.2, 0) is 25.7 Å². The zero-order valence-corrected chi connectivity index (χ0v) is 20.4. The molecule has 1 aliphatic rings. The van der Waals surface area contributed by atoms with Crippen LogP contribution in [0.3, 0.4) is 0 Å². The van der Waals surface area contributed by atoms with Crippen LogP contribution in [0, 0.1) is 11.7 Å². The molecule has 10 nitrogen and oxygen atoms in total. The van der Waals surface area contributed by atoms with Crippen molar-refractivity contribution in [2.75, 3.05) is 13.1 Å². The summed E-state index contributed by atoms with van der Waals surface area (Å²) in [5, 5.41) is 10.8. The predicted octanol–water partition coefficient (Wildman–Crippen LogP) is 1.59. The van der Waals surface area contributed by atoms with Gasteiger partial charge in [0.1, 0.15) is 11.4 Å². The van der Waals surface area contributed by atoms with Gasteiger partial charge in [0.2, 0.25) is 17.6 Å². The summed E-state index contributed by atoms with van der Waals surface area (Å²) in [6.07, 6.45) is 1.14. The molecule has 1 saturated heterocycles. The first-order valence-electron chi connectivity index (χ1n) is 12.2. The average molecular weight is 523 g/mol. The van der Waals surface area contributed by atoms with Crippen LogP contribution < -0.4 is 21.3 Å². The lowest BCUT2D eigenvalue weighted by Gasteiger charge is -2.26. The van der Waals surface area contributed by atoms with Crippen molar-refractivity contribution in [1.29, 1.82) is 0 Å². The summed E-state index contributed by atoms with van der Waals surface area (Å²) in [7, 11) is 0. The Labute approximate surface area is 217 Å².